The Morgan fingerprint density at radius 3 is 2.52 bits per heavy atom. The maximum atomic E-state index is 12.2. The Morgan fingerprint density at radius 1 is 1.29 bits per heavy atom. The number of rotatable bonds is 3. The molecule has 0 spiro atoms. The third-order valence-electron chi connectivity index (χ3n) is 3.95. The number of esters is 1. The van der Waals surface area contributed by atoms with Gasteiger partial charge in [0.1, 0.15) is 5.71 Å². The van der Waals surface area contributed by atoms with Crippen LogP contribution in [0.1, 0.15) is 46.0 Å². The summed E-state index contributed by atoms with van der Waals surface area (Å²) in [5, 5.41) is 3.65. The molecule has 116 valence electrons. The first-order valence-corrected chi connectivity index (χ1v) is 7.32. The van der Waals surface area contributed by atoms with E-state index in [-0.39, 0.29) is 49.1 Å². The van der Waals surface area contributed by atoms with Gasteiger partial charge in [-0.05, 0) is 33.1 Å². The van der Waals surface area contributed by atoms with Crippen molar-refractivity contribution in [2.45, 2.75) is 58.0 Å². The first kappa shape index (κ1) is 15.5. The van der Waals surface area contributed by atoms with Crippen LogP contribution in [0.5, 0.6) is 0 Å². The molecule has 7 heteroatoms. The average molecular weight is 295 g/mol. The Kier molecular flexibility index (Phi) is 4.93. The van der Waals surface area contributed by atoms with Crippen LogP contribution < -0.4 is 5.43 Å². The molecule has 2 atom stereocenters. The van der Waals surface area contributed by atoms with E-state index < -0.39 is 5.97 Å². The minimum absolute atomic E-state index is 0.155. The van der Waals surface area contributed by atoms with Gasteiger partial charge in [0, 0.05) is 24.9 Å². The Labute approximate surface area is 123 Å². The molecule has 0 aromatic rings. The summed E-state index contributed by atoms with van der Waals surface area (Å²) in [5.41, 5.74) is 2.39. The molecule has 2 aliphatic heterocycles. The van der Waals surface area contributed by atoms with Crippen LogP contribution in [0.4, 0.5) is 0 Å². The predicted octanol–water partition coefficient (Wildman–Crippen LogP) is 0.585. The van der Waals surface area contributed by atoms with Crippen molar-refractivity contribution in [3.8, 4) is 0 Å². The minimum Gasteiger partial charge on any atom is -0.451 e. The quantitative estimate of drug-likeness (QED) is 0.772. The third kappa shape index (κ3) is 3.80. The van der Waals surface area contributed by atoms with E-state index in [2.05, 4.69) is 10.5 Å². The molecule has 0 saturated carbocycles. The second-order valence-corrected chi connectivity index (χ2v) is 5.60. The summed E-state index contributed by atoms with van der Waals surface area (Å²) in [4.78, 5) is 36.7. The van der Waals surface area contributed by atoms with Crippen molar-refractivity contribution in [2.24, 2.45) is 5.10 Å². The second-order valence-electron chi connectivity index (χ2n) is 5.60. The molecule has 1 saturated heterocycles. The number of hydrazone groups is 1. The number of hydrogen-bond donors (Lipinski definition) is 1. The van der Waals surface area contributed by atoms with Gasteiger partial charge in [-0.15, -0.1) is 0 Å². The lowest BCUT2D eigenvalue weighted by molar-refractivity contribution is -0.150. The van der Waals surface area contributed by atoms with Crippen LogP contribution in [0, 0.1) is 0 Å². The number of hydrogen-bond acceptors (Lipinski definition) is 5. The van der Waals surface area contributed by atoms with Crippen LogP contribution in [-0.4, -0.2) is 47.1 Å². The van der Waals surface area contributed by atoms with E-state index in [1.165, 1.54) is 0 Å². The predicted molar refractivity (Wildman–Crippen MR) is 75.4 cm³/mol. The number of carbonyl (C=O) groups excluding carboxylic acids is 3. The van der Waals surface area contributed by atoms with Crippen LogP contribution in [0.15, 0.2) is 5.10 Å². The van der Waals surface area contributed by atoms with E-state index in [1.54, 1.807) is 4.90 Å². The standard InChI is InChI=1S/C14H21N3O4/c1-9-4-3-5-10(2)17(9)13(19)8-21-14(20)11-6-7-12(18)16-15-11/h9-10H,3-8H2,1-2H3,(H,16,18)/t9-,10-/m1/s1. The molecule has 7 nitrogen and oxygen atoms in total. The molecule has 0 bridgehead atoms. The van der Waals surface area contributed by atoms with E-state index in [9.17, 15) is 14.4 Å². The van der Waals surface area contributed by atoms with Crippen LogP contribution in [0.25, 0.3) is 0 Å². The number of ether oxygens (including phenoxy) is 1. The average Bonchev–Trinajstić information content (AvgIpc) is 2.45. The Morgan fingerprint density at radius 2 is 1.95 bits per heavy atom. The van der Waals surface area contributed by atoms with Gasteiger partial charge in [0.15, 0.2) is 6.61 Å². The molecule has 2 amide bonds. The second kappa shape index (κ2) is 6.69. The summed E-state index contributed by atoms with van der Waals surface area (Å²) in [5.74, 6) is -1.04. The Hall–Kier alpha value is -1.92. The van der Waals surface area contributed by atoms with Crippen molar-refractivity contribution in [1.82, 2.24) is 10.3 Å². The van der Waals surface area contributed by atoms with E-state index in [0.717, 1.165) is 19.3 Å². The number of carbonyl (C=O) groups is 3. The highest BCUT2D eigenvalue weighted by Gasteiger charge is 2.30. The summed E-state index contributed by atoms with van der Waals surface area (Å²) in [6, 6.07) is 0.345. The number of amides is 2. The fraction of sp³-hybridized carbons (Fsp3) is 0.714. The molecule has 0 radical (unpaired) electrons. The monoisotopic (exact) mass is 295 g/mol. The molecule has 1 fully saturated rings. The van der Waals surface area contributed by atoms with Crippen molar-refractivity contribution in [1.29, 1.82) is 0 Å². The van der Waals surface area contributed by atoms with Gasteiger partial charge in [0.25, 0.3) is 5.91 Å². The first-order valence-electron chi connectivity index (χ1n) is 7.32. The maximum Gasteiger partial charge on any atom is 0.355 e. The lowest BCUT2D eigenvalue weighted by Gasteiger charge is -2.38. The number of piperidine rings is 1. The number of likely N-dealkylation sites (tertiary alicyclic amines) is 1. The molecular formula is C14H21N3O4. The SMILES string of the molecule is C[C@@H]1CCC[C@@H](C)N1C(=O)COC(=O)C1=NNC(=O)CC1. The zero-order chi connectivity index (χ0) is 15.4. The van der Waals surface area contributed by atoms with Crippen LogP contribution in [0.3, 0.4) is 0 Å². The van der Waals surface area contributed by atoms with Gasteiger partial charge >= 0.3 is 5.97 Å². The molecule has 1 N–H and O–H groups in total. The minimum atomic E-state index is -0.638. The van der Waals surface area contributed by atoms with Crippen molar-refractivity contribution in [3.05, 3.63) is 0 Å². The van der Waals surface area contributed by atoms with Crippen molar-refractivity contribution in [3.63, 3.8) is 0 Å². The molecule has 0 unspecified atom stereocenters. The highest BCUT2D eigenvalue weighted by Crippen LogP contribution is 2.22. The zero-order valence-corrected chi connectivity index (χ0v) is 12.4. The largest absolute Gasteiger partial charge is 0.451 e. The van der Waals surface area contributed by atoms with Gasteiger partial charge in [-0.2, -0.15) is 5.10 Å². The normalized spacial score (nSPS) is 25.9. The maximum absolute atomic E-state index is 12.2. The highest BCUT2D eigenvalue weighted by molar-refractivity contribution is 6.37. The van der Waals surface area contributed by atoms with E-state index in [1.807, 2.05) is 13.8 Å². The molecule has 0 aromatic carbocycles. The van der Waals surface area contributed by atoms with Gasteiger partial charge in [-0.3, -0.25) is 9.59 Å². The van der Waals surface area contributed by atoms with E-state index in [4.69, 9.17) is 4.74 Å². The van der Waals surface area contributed by atoms with E-state index in [0.29, 0.717) is 0 Å². The lowest BCUT2D eigenvalue weighted by atomic mass is 9.97. The molecule has 0 aliphatic carbocycles. The number of nitrogens with one attached hydrogen (secondary N) is 1. The van der Waals surface area contributed by atoms with Crippen LogP contribution >= 0.6 is 0 Å². The first-order chi connectivity index (χ1) is 9.99. The van der Waals surface area contributed by atoms with Gasteiger partial charge in [-0.25, -0.2) is 10.2 Å². The van der Waals surface area contributed by atoms with Gasteiger partial charge in [-0.1, -0.05) is 0 Å². The van der Waals surface area contributed by atoms with Crippen molar-refractivity contribution >= 4 is 23.5 Å². The Bertz CT molecular complexity index is 465. The molecule has 2 rings (SSSR count). The van der Waals surface area contributed by atoms with Gasteiger partial charge in [0.2, 0.25) is 5.91 Å². The Balaban J connectivity index is 1.86. The fourth-order valence-corrected chi connectivity index (χ4v) is 2.82. The molecular weight excluding hydrogens is 274 g/mol. The van der Waals surface area contributed by atoms with E-state index >= 15 is 0 Å². The molecule has 0 aromatic heterocycles. The number of nitrogens with zero attached hydrogens (tertiary/aromatic N) is 2. The topological polar surface area (TPSA) is 88.1 Å². The highest BCUT2D eigenvalue weighted by atomic mass is 16.5. The lowest BCUT2D eigenvalue weighted by Crippen LogP contribution is -2.49. The molecule has 2 heterocycles. The van der Waals surface area contributed by atoms with Gasteiger partial charge < -0.3 is 9.64 Å². The summed E-state index contributed by atoms with van der Waals surface area (Å²) in [6.07, 6.45) is 3.52. The molecule has 21 heavy (non-hydrogen) atoms. The van der Waals surface area contributed by atoms with Crippen LogP contribution in [0.2, 0.25) is 0 Å². The van der Waals surface area contributed by atoms with Crippen molar-refractivity contribution in [2.75, 3.05) is 6.61 Å². The zero-order valence-electron chi connectivity index (χ0n) is 12.4. The summed E-state index contributed by atoms with van der Waals surface area (Å²) >= 11 is 0. The van der Waals surface area contributed by atoms with Crippen molar-refractivity contribution < 1.29 is 19.1 Å². The molecule has 2 aliphatic rings. The third-order valence-corrected chi connectivity index (χ3v) is 3.95. The summed E-state index contributed by atoms with van der Waals surface area (Å²) in [6.45, 7) is 3.74. The van der Waals surface area contributed by atoms with Crippen LogP contribution in [-0.2, 0) is 19.1 Å². The fourth-order valence-electron chi connectivity index (χ4n) is 2.82. The summed E-state index contributed by atoms with van der Waals surface area (Å²) < 4.78 is 5.02. The summed E-state index contributed by atoms with van der Waals surface area (Å²) in [7, 11) is 0. The smallest absolute Gasteiger partial charge is 0.355 e. The van der Waals surface area contributed by atoms with Gasteiger partial charge in [0.05, 0.1) is 0 Å².